The molecule has 3 rings (SSSR count). The fourth-order valence-corrected chi connectivity index (χ4v) is 3.96. The second kappa shape index (κ2) is 6.58. The topological polar surface area (TPSA) is 69.6 Å². The van der Waals surface area contributed by atoms with E-state index in [1.807, 2.05) is 19.1 Å². The molecule has 1 aliphatic rings. The zero-order valence-electron chi connectivity index (χ0n) is 13.0. The number of urea groups is 1. The molecule has 2 N–H and O–H groups in total. The minimum Gasteiger partial charge on any atom is -0.481 e. The van der Waals surface area contributed by atoms with Crippen LogP contribution in [-0.2, 0) is 4.79 Å². The monoisotopic (exact) mass is 332 g/mol. The molecule has 0 bridgehead atoms. The van der Waals surface area contributed by atoms with E-state index in [9.17, 15) is 9.59 Å². The van der Waals surface area contributed by atoms with Gasteiger partial charge in [-0.15, -0.1) is 11.3 Å². The molecule has 23 heavy (non-hydrogen) atoms. The summed E-state index contributed by atoms with van der Waals surface area (Å²) >= 11 is 1.69. The molecule has 0 spiro atoms. The Kier molecular flexibility index (Phi) is 4.52. The molecule has 1 fully saturated rings. The van der Waals surface area contributed by atoms with Crippen LogP contribution in [0.25, 0.3) is 10.1 Å². The highest BCUT2D eigenvalue weighted by Gasteiger charge is 2.27. The molecule has 122 valence electrons. The second-order valence-electron chi connectivity index (χ2n) is 5.96. The van der Waals surface area contributed by atoms with E-state index in [2.05, 4.69) is 23.5 Å². The van der Waals surface area contributed by atoms with Crippen molar-refractivity contribution >= 4 is 33.4 Å². The van der Waals surface area contributed by atoms with Crippen LogP contribution in [0, 0.1) is 5.92 Å². The SMILES string of the molecule is CC(NC(=O)N1CCC(C(=O)O)CC1)c1cc2ccccc2s1. The largest absolute Gasteiger partial charge is 0.481 e. The van der Waals surface area contributed by atoms with E-state index in [1.54, 1.807) is 16.2 Å². The summed E-state index contributed by atoms with van der Waals surface area (Å²) in [5.41, 5.74) is 0. The first-order valence-electron chi connectivity index (χ1n) is 7.81. The van der Waals surface area contributed by atoms with Gasteiger partial charge in [0.15, 0.2) is 0 Å². The van der Waals surface area contributed by atoms with Crippen molar-refractivity contribution in [2.24, 2.45) is 5.92 Å². The molecular formula is C17H20N2O3S. The average Bonchev–Trinajstić information content (AvgIpc) is 2.99. The van der Waals surface area contributed by atoms with E-state index in [0.29, 0.717) is 25.9 Å². The smallest absolute Gasteiger partial charge is 0.317 e. The molecule has 5 nitrogen and oxygen atoms in total. The predicted octanol–water partition coefficient (Wildman–Crippen LogP) is 3.47. The lowest BCUT2D eigenvalue weighted by Crippen LogP contribution is -2.46. The van der Waals surface area contributed by atoms with Crippen LogP contribution >= 0.6 is 11.3 Å². The Balaban J connectivity index is 1.60. The molecule has 1 aromatic carbocycles. The molecule has 1 atom stereocenters. The summed E-state index contributed by atoms with van der Waals surface area (Å²) in [5.74, 6) is -1.08. The fraction of sp³-hybridized carbons (Fsp3) is 0.412. The second-order valence-corrected chi connectivity index (χ2v) is 7.07. The number of carbonyl (C=O) groups excluding carboxylic acids is 1. The number of hydrogen-bond donors (Lipinski definition) is 2. The number of fused-ring (bicyclic) bond motifs is 1. The Labute approximate surface area is 138 Å². The van der Waals surface area contributed by atoms with Gasteiger partial charge in [-0.3, -0.25) is 4.79 Å². The van der Waals surface area contributed by atoms with E-state index >= 15 is 0 Å². The summed E-state index contributed by atoms with van der Waals surface area (Å²) in [4.78, 5) is 26.1. The van der Waals surface area contributed by atoms with Crippen molar-refractivity contribution in [2.75, 3.05) is 13.1 Å². The van der Waals surface area contributed by atoms with Crippen LogP contribution in [0.4, 0.5) is 4.79 Å². The van der Waals surface area contributed by atoms with Crippen LogP contribution in [0.15, 0.2) is 30.3 Å². The van der Waals surface area contributed by atoms with Crippen LogP contribution in [-0.4, -0.2) is 35.1 Å². The molecule has 6 heteroatoms. The third kappa shape index (κ3) is 3.47. The first kappa shape index (κ1) is 15.8. The minimum absolute atomic E-state index is 0.0582. The molecule has 2 heterocycles. The number of rotatable bonds is 3. The third-order valence-corrected chi connectivity index (χ3v) is 5.64. The number of hydrogen-bond acceptors (Lipinski definition) is 3. The molecule has 0 aliphatic carbocycles. The normalized spacial score (nSPS) is 17.2. The van der Waals surface area contributed by atoms with Crippen molar-refractivity contribution < 1.29 is 14.7 Å². The summed E-state index contributed by atoms with van der Waals surface area (Å²) < 4.78 is 1.21. The number of benzene rings is 1. The quantitative estimate of drug-likeness (QED) is 0.904. The number of nitrogens with zero attached hydrogens (tertiary/aromatic N) is 1. The zero-order chi connectivity index (χ0) is 16.4. The zero-order valence-corrected chi connectivity index (χ0v) is 13.8. The maximum atomic E-state index is 12.3. The maximum Gasteiger partial charge on any atom is 0.317 e. The Morgan fingerprint density at radius 1 is 1.30 bits per heavy atom. The van der Waals surface area contributed by atoms with Gasteiger partial charge in [0.1, 0.15) is 0 Å². The van der Waals surface area contributed by atoms with E-state index in [4.69, 9.17) is 5.11 Å². The maximum absolute atomic E-state index is 12.3. The van der Waals surface area contributed by atoms with Crippen molar-refractivity contribution in [1.29, 1.82) is 0 Å². The van der Waals surface area contributed by atoms with E-state index in [1.165, 1.54) is 10.1 Å². The fourth-order valence-electron chi connectivity index (χ4n) is 2.89. The number of aliphatic carboxylic acids is 1. The van der Waals surface area contributed by atoms with Gasteiger partial charge < -0.3 is 15.3 Å². The highest BCUT2D eigenvalue weighted by Crippen LogP contribution is 2.29. The van der Waals surface area contributed by atoms with Crippen LogP contribution < -0.4 is 5.32 Å². The number of piperidine rings is 1. The lowest BCUT2D eigenvalue weighted by molar-refractivity contribution is -0.143. The van der Waals surface area contributed by atoms with Crippen molar-refractivity contribution in [3.8, 4) is 0 Å². The lowest BCUT2D eigenvalue weighted by Gasteiger charge is -2.31. The summed E-state index contributed by atoms with van der Waals surface area (Å²) in [7, 11) is 0. The minimum atomic E-state index is -0.760. The number of nitrogens with one attached hydrogen (secondary N) is 1. The molecule has 1 unspecified atom stereocenters. The Bertz CT molecular complexity index is 686. The van der Waals surface area contributed by atoms with Crippen LogP contribution in [0.3, 0.4) is 0 Å². The van der Waals surface area contributed by atoms with Gasteiger partial charge in [0, 0.05) is 22.7 Å². The lowest BCUT2D eigenvalue weighted by atomic mass is 9.97. The first-order chi connectivity index (χ1) is 11.0. The molecule has 1 aromatic heterocycles. The van der Waals surface area contributed by atoms with Gasteiger partial charge in [-0.05, 0) is 37.3 Å². The highest BCUT2D eigenvalue weighted by molar-refractivity contribution is 7.19. The molecular weight excluding hydrogens is 312 g/mol. The average molecular weight is 332 g/mol. The molecule has 0 radical (unpaired) electrons. The molecule has 2 aromatic rings. The first-order valence-corrected chi connectivity index (χ1v) is 8.63. The van der Waals surface area contributed by atoms with Gasteiger partial charge in [0.25, 0.3) is 0 Å². The van der Waals surface area contributed by atoms with Gasteiger partial charge >= 0.3 is 12.0 Å². The number of likely N-dealkylation sites (tertiary alicyclic amines) is 1. The van der Waals surface area contributed by atoms with Crippen molar-refractivity contribution in [1.82, 2.24) is 10.2 Å². The number of carboxylic acids is 1. The van der Waals surface area contributed by atoms with E-state index in [-0.39, 0.29) is 18.0 Å². The molecule has 1 saturated heterocycles. The number of amides is 2. The van der Waals surface area contributed by atoms with Crippen molar-refractivity contribution in [3.05, 3.63) is 35.2 Å². The van der Waals surface area contributed by atoms with Gasteiger partial charge in [0.05, 0.1) is 12.0 Å². The molecule has 2 amide bonds. The van der Waals surface area contributed by atoms with Crippen LogP contribution in [0.5, 0.6) is 0 Å². The van der Waals surface area contributed by atoms with Gasteiger partial charge in [-0.1, -0.05) is 18.2 Å². The van der Waals surface area contributed by atoms with Crippen LogP contribution in [0.1, 0.15) is 30.7 Å². The van der Waals surface area contributed by atoms with Gasteiger partial charge in [-0.2, -0.15) is 0 Å². The standard InChI is InChI=1S/C17H20N2O3S/c1-11(15-10-13-4-2-3-5-14(13)23-15)18-17(22)19-8-6-12(7-9-19)16(20)21/h2-5,10-12H,6-9H2,1H3,(H,18,22)(H,20,21). The Morgan fingerprint density at radius 2 is 2.00 bits per heavy atom. The number of thiophene rings is 1. The third-order valence-electron chi connectivity index (χ3n) is 4.34. The predicted molar refractivity (Wildman–Crippen MR) is 90.7 cm³/mol. The number of carbonyl (C=O) groups is 2. The Morgan fingerprint density at radius 3 is 2.65 bits per heavy atom. The van der Waals surface area contributed by atoms with Crippen molar-refractivity contribution in [2.45, 2.75) is 25.8 Å². The highest BCUT2D eigenvalue weighted by atomic mass is 32.1. The number of carboxylic acid groups (broad SMARTS) is 1. The van der Waals surface area contributed by atoms with E-state index < -0.39 is 5.97 Å². The van der Waals surface area contributed by atoms with Gasteiger partial charge in [0.2, 0.25) is 0 Å². The van der Waals surface area contributed by atoms with Crippen LogP contribution in [0.2, 0.25) is 0 Å². The van der Waals surface area contributed by atoms with E-state index in [0.717, 1.165) is 4.88 Å². The van der Waals surface area contributed by atoms with Crippen molar-refractivity contribution in [3.63, 3.8) is 0 Å². The Hall–Kier alpha value is -2.08. The summed E-state index contributed by atoms with van der Waals surface area (Å²) in [6.07, 6.45) is 1.06. The summed E-state index contributed by atoms with van der Waals surface area (Å²) in [6, 6.07) is 10.1. The molecule has 0 saturated carbocycles. The van der Waals surface area contributed by atoms with Gasteiger partial charge in [-0.25, -0.2) is 4.79 Å². The summed E-state index contributed by atoms with van der Waals surface area (Å²) in [5, 5.41) is 13.2. The summed E-state index contributed by atoms with van der Waals surface area (Å²) in [6.45, 7) is 2.98. The molecule has 1 aliphatic heterocycles.